The molecule has 0 fully saturated rings. The van der Waals surface area contributed by atoms with Crippen LogP contribution in [0, 0.1) is 6.92 Å². The Bertz CT molecular complexity index is 634. The zero-order valence-corrected chi connectivity index (χ0v) is 8.97. The molecule has 2 heterocycles. The van der Waals surface area contributed by atoms with E-state index < -0.39 is 11.5 Å². The molecule has 17 heavy (non-hydrogen) atoms. The SMILES string of the molecule is Cc1cc(-c2cc(C(=O)O)c(=O)[nH]n2)ccn1. The lowest BCUT2D eigenvalue weighted by molar-refractivity contribution is 0.0694. The van der Waals surface area contributed by atoms with E-state index in [1.54, 1.807) is 18.3 Å². The van der Waals surface area contributed by atoms with E-state index in [0.29, 0.717) is 11.3 Å². The molecule has 0 bridgehead atoms. The second-order valence-electron chi connectivity index (χ2n) is 3.49. The van der Waals surface area contributed by atoms with Gasteiger partial charge in [0.15, 0.2) is 0 Å². The van der Waals surface area contributed by atoms with Gasteiger partial charge in [0.2, 0.25) is 0 Å². The maximum Gasteiger partial charge on any atom is 0.341 e. The van der Waals surface area contributed by atoms with E-state index in [1.807, 2.05) is 6.92 Å². The van der Waals surface area contributed by atoms with Crippen LogP contribution in [0.25, 0.3) is 11.3 Å². The van der Waals surface area contributed by atoms with E-state index in [2.05, 4.69) is 15.2 Å². The van der Waals surface area contributed by atoms with Crippen molar-refractivity contribution in [2.24, 2.45) is 0 Å². The third-order valence-electron chi connectivity index (χ3n) is 2.23. The molecular weight excluding hydrogens is 222 g/mol. The molecule has 0 aromatic carbocycles. The van der Waals surface area contributed by atoms with Crippen LogP contribution in [0.2, 0.25) is 0 Å². The molecule has 0 saturated carbocycles. The number of carboxylic acids is 1. The van der Waals surface area contributed by atoms with Gasteiger partial charge < -0.3 is 5.11 Å². The number of hydrogen-bond donors (Lipinski definition) is 2. The number of nitrogens with one attached hydrogen (secondary N) is 1. The molecule has 2 rings (SSSR count). The molecule has 0 saturated heterocycles. The lowest BCUT2D eigenvalue weighted by atomic mass is 10.1. The van der Waals surface area contributed by atoms with Crippen LogP contribution >= 0.6 is 0 Å². The summed E-state index contributed by atoms with van der Waals surface area (Å²) in [6.07, 6.45) is 1.60. The van der Waals surface area contributed by atoms with Crippen LogP contribution in [0.15, 0.2) is 29.2 Å². The van der Waals surface area contributed by atoms with Gasteiger partial charge in [-0.05, 0) is 25.1 Å². The Kier molecular flexibility index (Phi) is 2.70. The highest BCUT2D eigenvalue weighted by molar-refractivity contribution is 5.88. The summed E-state index contributed by atoms with van der Waals surface area (Å²) in [5.74, 6) is -1.28. The van der Waals surface area contributed by atoms with E-state index in [-0.39, 0.29) is 5.56 Å². The molecule has 0 aliphatic carbocycles. The number of pyridine rings is 1. The molecule has 0 atom stereocenters. The van der Waals surface area contributed by atoms with Gasteiger partial charge in [-0.3, -0.25) is 9.78 Å². The Labute approximate surface area is 96.0 Å². The Morgan fingerprint density at radius 2 is 2.18 bits per heavy atom. The van der Waals surface area contributed by atoms with Crippen LogP contribution in [-0.2, 0) is 0 Å². The first-order valence-corrected chi connectivity index (χ1v) is 4.84. The molecule has 2 aromatic heterocycles. The maximum absolute atomic E-state index is 11.2. The predicted octanol–water partition coefficient (Wildman–Crippen LogP) is 0.839. The number of aromatic amines is 1. The number of rotatable bonds is 2. The minimum atomic E-state index is -1.28. The third kappa shape index (κ3) is 2.20. The molecule has 2 N–H and O–H groups in total. The summed E-state index contributed by atoms with van der Waals surface area (Å²) in [7, 11) is 0. The molecule has 0 aliphatic heterocycles. The zero-order valence-electron chi connectivity index (χ0n) is 8.97. The van der Waals surface area contributed by atoms with Crippen molar-refractivity contribution in [1.29, 1.82) is 0 Å². The minimum Gasteiger partial charge on any atom is -0.477 e. The fourth-order valence-electron chi connectivity index (χ4n) is 1.42. The number of H-pyrrole nitrogens is 1. The summed E-state index contributed by atoms with van der Waals surface area (Å²) in [6, 6.07) is 4.70. The van der Waals surface area contributed by atoms with Crippen molar-refractivity contribution in [3.8, 4) is 11.3 Å². The topological polar surface area (TPSA) is 95.9 Å². The van der Waals surface area contributed by atoms with Crippen LogP contribution < -0.4 is 5.56 Å². The zero-order chi connectivity index (χ0) is 12.4. The highest BCUT2D eigenvalue weighted by Gasteiger charge is 2.11. The molecule has 86 valence electrons. The van der Waals surface area contributed by atoms with E-state index >= 15 is 0 Å². The molecule has 6 nitrogen and oxygen atoms in total. The van der Waals surface area contributed by atoms with E-state index in [0.717, 1.165) is 5.69 Å². The molecule has 6 heteroatoms. The quantitative estimate of drug-likeness (QED) is 0.798. The molecular formula is C11H9N3O3. The monoisotopic (exact) mass is 231 g/mol. The van der Waals surface area contributed by atoms with Gasteiger partial charge in [-0.1, -0.05) is 0 Å². The summed E-state index contributed by atoms with van der Waals surface area (Å²) in [5.41, 5.74) is 0.840. The Morgan fingerprint density at radius 1 is 1.41 bits per heavy atom. The fraction of sp³-hybridized carbons (Fsp3) is 0.0909. The van der Waals surface area contributed by atoms with Crippen LogP contribution in [0.3, 0.4) is 0 Å². The van der Waals surface area contributed by atoms with Crippen LogP contribution in [-0.4, -0.2) is 26.3 Å². The van der Waals surface area contributed by atoms with Crippen molar-refractivity contribution in [3.05, 3.63) is 46.0 Å². The van der Waals surface area contributed by atoms with Crippen molar-refractivity contribution >= 4 is 5.97 Å². The third-order valence-corrected chi connectivity index (χ3v) is 2.23. The lowest BCUT2D eigenvalue weighted by Gasteiger charge is -2.01. The van der Waals surface area contributed by atoms with Gasteiger partial charge in [-0.25, -0.2) is 9.89 Å². The van der Waals surface area contributed by atoms with Gasteiger partial charge in [0.05, 0.1) is 5.69 Å². The van der Waals surface area contributed by atoms with Gasteiger partial charge in [0.1, 0.15) is 5.56 Å². The number of aromatic carboxylic acids is 1. The minimum absolute atomic E-state index is 0.329. The Hall–Kier alpha value is -2.50. The first-order valence-electron chi connectivity index (χ1n) is 4.84. The normalized spacial score (nSPS) is 10.2. The molecule has 0 aliphatic rings. The largest absolute Gasteiger partial charge is 0.477 e. The Morgan fingerprint density at radius 3 is 2.82 bits per heavy atom. The summed E-state index contributed by atoms with van der Waals surface area (Å²) in [4.78, 5) is 26.0. The highest BCUT2D eigenvalue weighted by atomic mass is 16.4. The highest BCUT2D eigenvalue weighted by Crippen LogP contribution is 2.15. The summed E-state index contributed by atoms with van der Waals surface area (Å²) >= 11 is 0. The van der Waals surface area contributed by atoms with Gasteiger partial charge in [-0.15, -0.1) is 0 Å². The van der Waals surface area contributed by atoms with Gasteiger partial charge in [0.25, 0.3) is 5.56 Å². The van der Waals surface area contributed by atoms with Crippen LogP contribution in [0.1, 0.15) is 16.1 Å². The Balaban J connectivity index is 2.58. The fourth-order valence-corrected chi connectivity index (χ4v) is 1.42. The van der Waals surface area contributed by atoms with E-state index in [1.165, 1.54) is 6.07 Å². The van der Waals surface area contributed by atoms with Crippen LogP contribution in [0.5, 0.6) is 0 Å². The standard InChI is InChI=1S/C11H9N3O3/c1-6-4-7(2-3-12-6)9-5-8(11(16)17)10(15)14-13-9/h2-5H,1H3,(H,14,15)(H,16,17). The van der Waals surface area contributed by atoms with Crippen molar-refractivity contribution in [1.82, 2.24) is 15.2 Å². The first kappa shape index (κ1) is 11.0. The second kappa shape index (κ2) is 4.17. The van der Waals surface area contributed by atoms with Gasteiger partial charge in [0, 0.05) is 17.5 Å². The van der Waals surface area contributed by atoms with E-state index in [4.69, 9.17) is 5.11 Å². The average Bonchev–Trinajstić information content (AvgIpc) is 2.29. The number of carbonyl (C=O) groups is 1. The van der Waals surface area contributed by atoms with Crippen LogP contribution in [0.4, 0.5) is 0 Å². The van der Waals surface area contributed by atoms with Gasteiger partial charge in [-0.2, -0.15) is 5.10 Å². The number of aryl methyl sites for hydroxylation is 1. The van der Waals surface area contributed by atoms with Crippen molar-refractivity contribution in [2.45, 2.75) is 6.92 Å². The molecule has 0 radical (unpaired) electrons. The first-order chi connectivity index (χ1) is 8.08. The number of nitrogens with zero attached hydrogens (tertiary/aromatic N) is 2. The summed E-state index contributed by atoms with van der Waals surface area (Å²) < 4.78 is 0. The maximum atomic E-state index is 11.2. The lowest BCUT2D eigenvalue weighted by Crippen LogP contribution is -2.18. The molecule has 0 unspecified atom stereocenters. The summed E-state index contributed by atoms with van der Waals surface area (Å²) in [5, 5.41) is 14.8. The predicted molar refractivity (Wildman–Crippen MR) is 59.8 cm³/mol. The van der Waals surface area contributed by atoms with Crippen molar-refractivity contribution < 1.29 is 9.90 Å². The molecule has 0 spiro atoms. The smallest absolute Gasteiger partial charge is 0.341 e. The van der Waals surface area contributed by atoms with Gasteiger partial charge >= 0.3 is 5.97 Å². The number of aromatic nitrogens is 3. The number of carboxylic acid groups (broad SMARTS) is 1. The van der Waals surface area contributed by atoms with Crippen molar-refractivity contribution in [2.75, 3.05) is 0 Å². The molecule has 2 aromatic rings. The second-order valence-corrected chi connectivity index (χ2v) is 3.49. The number of hydrogen-bond acceptors (Lipinski definition) is 4. The average molecular weight is 231 g/mol. The van der Waals surface area contributed by atoms with E-state index in [9.17, 15) is 9.59 Å². The summed E-state index contributed by atoms with van der Waals surface area (Å²) in [6.45, 7) is 1.81. The van der Waals surface area contributed by atoms with Crippen molar-refractivity contribution in [3.63, 3.8) is 0 Å². The molecule has 0 amide bonds.